The summed E-state index contributed by atoms with van der Waals surface area (Å²) in [6.07, 6.45) is 1.65. The van der Waals surface area contributed by atoms with Gasteiger partial charge in [0.25, 0.3) is 0 Å². The van der Waals surface area contributed by atoms with Crippen molar-refractivity contribution in [2.75, 3.05) is 0 Å². The first-order chi connectivity index (χ1) is 3.06. The second-order valence-electron chi connectivity index (χ2n) is 0.650. The van der Waals surface area contributed by atoms with Gasteiger partial charge in [-0.05, 0) is 0 Å². The Bertz CT molecular complexity index is 87.3. The molecule has 0 saturated heterocycles. The molecule has 7 heavy (non-hydrogen) atoms. The Morgan fingerprint density at radius 2 is 1.86 bits per heavy atom. The molecule has 0 aromatic rings. The van der Waals surface area contributed by atoms with Gasteiger partial charge in [0, 0.05) is 6.42 Å². The van der Waals surface area contributed by atoms with Crippen LogP contribution in [-0.2, 0) is 4.74 Å². The molecule has 0 N–H and O–H groups in total. The Morgan fingerprint density at radius 3 is 1.86 bits per heavy atom. The molecule has 39 valence electrons. The van der Waals surface area contributed by atoms with Gasteiger partial charge in [0.15, 0.2) is 0 Å². The van der Waals surface area contributed by atoms with Gasteiger partial charge in [-0.1, -0.05) is 0 Å². The SMILES string of the molecule is [C]#COC(F)(F)F. The first kappa shape index (κ1) is 6.15. The molecule has 0 aliphatic heterocycles. The molecule has 0 aromatic heterocycles. The topological polar surface area (TPSA) is 9.23 Å². The molecule has 4 heteroatoms. The van der Waals surface area contributed by atoms with Crippen LogP contribution >= 0.6 is 0 Å². The van der Waals surface area contributed by atoms with E-state index in [4.69, 9.17) is 6.42 Å². The van der Waals surface area contributed by atoms with Crippen molar-refractivity contribution < 1.29 is 17.9 Å². The highest BCUT2D eigenvalue weighted by Crippen LogP contribution is 2.14. The highest BCUT2D eigenvalue weighted by Gasteiger charge is 2.29. The third-order valence-electron chi connectivity index (χ3n) is 0.167. The lowest BCUT2D eigenvalue weighted by molar-refractivity contribution is -0.291. The third-order valence-corrected chi connectivity index (χ3v) is 0.167. The van der Waals surface area contributed by atoms with E-state index in [-0.39, 0.29) is 0 Å². The zero-order chi connectivity index (χ0) is 5.91. The van der Waals surface area contributed by atoms with Crippen LogP contribution < -0.4 is 0 Å². The average Bonchev–Trinajstić information content (AvgIpc) is 1.30. The lowest BCUT2D eigenvalue weighted by atomic mass is 11.2. The molecule has 1 nitrogen and oxygen atoms in total. The molecule has 0 aliphatic rings. The van der Waals surface area contributed by atoms with Crippen LogP contribution in [0, 0.1) is 12.5 Å². The maximum Gasteiger partial charge on any atom is 0.581 e. The van der Waals surface area contributed by atoms with Crippen molar-refractivity contribution in [3.8, 4) is 6.11 Å². The molecule has 0 aromatic carbocycles. The fourth-order valence-corrected chi connectivity index (χ4v) is 0.0579. The van der Waals surface area contributed by atoms with Crippen molar-refractivity contribution in [2.24, 2.45) is 0 Å². The molecule has 0 spiro atoms. The number of halogens is 3. The van der Waals surface area contributed by atoms with E-state index in [0.717, 1.165) is 6.11 Å². The summed E-state index contributed by atoms with van der Waals surface area (Å²) in [7, 11) is 0. The van der Waals surface area contributed by atoms with Crippen LogP contribution in [0.25, 0.3) is 0 Å². The standard InChI is InChI=1S/C3F3O/c1-2-7-3(4,5)6. The molecule has 0 atom stereocenters. The van der Waals surface area contributed by atoms with Gasteiger partial charge in [0.2, 0.25) is 0 Å². The maximum absolute atomic E-state index is 10.7. The quantitative estimate of drug-likeness (QED) is 0.423. The average molecular weight is 109 g/mol. The summed E-state index contributed by atoms with van der Waals surface area (Å²) in [4.78, 5) is 0. The van der Waals surface area contributed by atoms with Crippen molar-refractivity contribution in [1.29, 1.82) is 0 Å². The minimum absolute atomic E-state index is 0.733. The molecule has 0 heterocycles. The van der Waals surface area contributed by atoms with E-state index in [9.17, 15) is 13.2 Å². The summed E-state index contributed by atoms with van der Waals surface area (Å²) in [6, 6.07) is 0. The lowest BCUT2D eigenvalue weighted by Crippen LogP contribution is -2.08. The Hall–Kier alpha value is -0.850. The van der Waals surface area contributed by atoms with Gasteiger partial charge in [0.1, 0.15) is 6.11 Å². The fourth-order valence-electron chi connectivity index (χ4n) is 0.0579. The summed E-state index contributed by atoms with van der Waals surface area (Å²) in [5, 5.41) is 0. The maximum atomic E-state index is 10.7. The van der Waals surface area contributed by atoms with Crippen LogP contribution in [0.5, 0.6) is 0 Å². The monoisotopic (exact) mass is 109 g/mol. The number of rotatable bonds is 0. The van der Waals surface area contributed by atoms with Gasteiger partial charge in [-0.25, -0.2) is 0 Å². The number of alkyl halides is 3. The molecular weight excluding hydrogens is 109 g/mol. The molecule has 0 rings (SSSR count). The smallest absolute Gasteiger partial charge is 0.351 e. The number of hydrogen-bond acceptors (Lipinski definition) is 1. The van der Waals surface area contributed by atoms with Crippen molar-refractivity contribution >= 4 is 0 Å². The van der Waals surface area contributed by atoms with E-state index in [1.165, 1.54) is 0 Å². The number of ether oxygens (including phenoxy) is 1. The predicted octanol–water partition coefficient (Wildman–Crippen LogP) is 1.07. The molecule has 0 unspecified atom stereocenters. The highest BCUT2D eigenvalue weighted by atomic mass is 19.4. The van der Waals surface area contributed by atoms with Crippen LogP contribution in [0.3, 0.4) is 0 Å². The Labute approximate surface area is 38.1 Å². The Balaban J connectivity index is 3.40. The van der Waals surface area contributed by atoms with Gasteiger partial charge in [-0.2, -0.15) is 0 Å². The van der Waals surface area contributed by atoms with Gasteiger partial charge in [-0.15, -0.1) is 13.2 Å². The summed E-state index contributed by atoms with van der Waals surface area (Å²) in [6.45, 7) is 0. The Kier molecular flexibility index (Phi) is 1.52. The van der Waals surface area contributed by atoms with Gasteiger partial charge in [-0.3, -0.25) is 0 Å². The minimum atomic E-state index is -4.75. The van der Waals surface area contributed by atoms with Crippen LogP contribution in [0.15, 0.2) is 0 Å². The van der Waals surface area contributed by atoms with Crippen LogP contribution in [-0.4, -0.2) is 6.36 Å². The minimum Gasteiger partial charge on any atom is -0.351 e. The van der Waals surface area contributed by atoms with Crippen LogP contribution in [0.1, 0.15) is 0 Å². The van der Waals surface area contributed by atoms with Crippen molar-refractivity contribution in [1.82, 2.24) is 0 Å². The lowest BCUT2D eigenvalue weighted by Gasteiger charge is -1.96. The largest absolute Gasteiger partial charge is 0.581 e. The summed E-state index contributed by atoms with van der Waals surface area (Å²) >= 11 is 0. The van der Waals surface area contributed by atoms with Crippen molar-refractivity contribution in [3.05, 3.63) is 6.42 Å². The van der Waals surface area contributed by atoms with Gasteiger partial charge in [0.05, 0.1) is 0 Å². The summed E-state index contributed by atoms with van der Waals surface area (Å²) in [5.41, 5.74) is 0. The third kappa shape index (κ3) is 5.15. The van der Waals surface area contributed by atoms with E-state index >= 15 is 0 Å². The van der Waals surface area contributed by atoms with Crippen molar-refractivity contribution in [2.45, 2.75) is 6.36 Å². The molecular formula is C3F3O. The first-order valence-electron chi connectivity index (χ1n) is 1.23. The molecule has 0 aliphatic carbocycles. The van der Waals surface area contributed by atoms with E-state index in [1.54, 1.807) is 0 Å². The molecule has 1 radical (unpaired) electrons. The van der Waals surface area contributed by atoms with E-state index in [2.05, 4.69) is 4.74 Å². The van der Waals surface area contributed by atoms with Gasteiger partial charge >= 0.3 is 6.36 Å². The van der Waals surface area contributed by atoms with Crippen LogP contribution in [0.2, 0.25) is 0 Å². The zero-order valence-electron chi connectivity index (χ0n) is 3.04. The Morgan fingerprint density at radius 1 is 1.43 bits per heavy atom. The molecule has 0 fully saturated rings. The van der Waals surface area contributed by atoms with Gasteiger partial charge < -0.3 is 4.74 Å². The predicted molar refractivity (Wildman–Crippen MR) is 14.3 cm³/mol. The molecule has 0 saturated carbocycles. The summed E-state index contributed by atoms with van der Waals surface area (Å²) in [5.74, 6) is 0. The van der Waals surface area contributed by atoms with E-state index < -0.39 is 6.36 Å². The normalized spacial score (nSPS) is 10.0. The van der Waals surface area contributed by atoms with E-state index in [0.29, 0.717) is 0 Å². The number of hydrogen-bond donors (Lipinski definition) is 0. The first-order valence-corrected chi connectivity index (χ1v) is 1.23. The van der Waals surface area contributed by atoms with E-state index in [1.807, 2.05) is 0 Å². The molecule has 0 amide bonds. The van der Waals surface area contributed by atoms with Crippen LogP contribution in [0.4, 0.5) is 13.2 Å². The fraction of sp³-hybridized carbons (Fsp3) is 0.333. The molecule has 0 bridgehead atoms. The summed E-state index contributed by atoms with van der Waals surface area (Å²) < 4.78 is 34.6. The van der Waals surface area contributed by atoms with Crippen molar-refractivity contribution in [3.63, 3.8) is 0 Å². The highest BCUT2D eigenvalue weighted by molar-refractivity contribution is 4.56. The second-order valence-corrected chi connectivity index (χ2v) is 0.650. The zero-order valence-corrected chi connectivity index (χ0v) is 3.04. The second kappa shape index (κ2) is 1.73.